The maximum Gasteiger partial charge on any atom is 0.224 e. The first kappa shape index (κ1) is 12.1. The summed E-state index contributed by atoms with van der Waals surface area (Å²) in [4.78, 5) is 20.0. The van der Waals surface area contributed by atoms with Gasteiger partial charge in [-0.1, -0.05) is 0 Å². The van der Waals surface area contributed by atoms with Crippen LogP contribution >= 0.6 is 0 Å². The van der Waals surface area contributed by atoms with Crippen molar-refractivity contribution in [2.24, 2.45) is 5.14 Å². The number of nitrogens with two attached hydrogens (primary N) is 1. The first-order chi connectivity index (χ1) is 7.97. The molecule has 0 aromatic carbocycles. The number of aromatic nitrogens is 2. The monoisotopic (exact) mass is 258 g/mol. The van der Waals surface area contributed by atoms with E-state index < -0.39 is 15.3 Å². The van der Waals surface area contributed by atoms with Crippen LogP contribution in [0.4, 0.5) is 0 Å². The van der Waals surface area contributed by atoms with Crippen LogP contribution in [0.1, 0.15) is 12.2 Å². The number of likely N-dealkylation sites (tertiary alicyclic amines) is 1. The largest absolute Gasteiger partial charge is 0.349 e. The van der Waals surface area contributed by atoms with Crippen molar-refractivity contribution in [3.63, 3.8) is 0 Å². The molecule has 1 aliphatic heterocycles. The minimum Gasteiger partial charge on any atom is -0.349 e. The van der Waals surface area contributed by atoms with Gasteiger partial charge in [-0.2, -0.15) is 0 Å². The first-order valence-electron chi connectivity index (χ1n) is 5.24. The maximum absolute atomic E-state index is 11.6. The van der Waals surface area contributed by atoms with Gasteiger partial charge in [-0.3, -0.25) is 4.79 Å². The lowest BCUT2D eigenvalue weighted by atomic mass is 10.4. The van der Waals surface area contributed by atoms with Gasteiger partial charge in [0, 0.05) is 38.3 Å². The van der Waals surface area contributed by atoms with Crippen molar-refractivity contribution < 1.29 is 13.2 Å². The van der Waals surface area contributed by atoms with Gasteiger partial charge in [-0.15, -0.1) is 0 Å². The van der Waals surface area contributed by atoms with Crippen molar-refractivity contribution in [2.45, 2.75) is 18.1 Å². The number of rotatable bonds is 4. The Hall–Kier alpha value is -1.41. The second kappa shape index (κ2) is 4.46. The summed E-state index contributed by atoms with van der Waals surface area (Å²) < 4.78 is 22.3. The molecule has 1 atom stereocenters. The number of nitrogens with zero attached hydrogens (tertiary/aromatic N) is 2. The van der Waals surface area contributed by atoms with Crippen molar-refractivity contribution in [3.05, 3.63) is 18.2 Å². The highest BCUT2D eigenvalue weighted by atomic mass is 32.2. The Balaban J connectivity index is 1.93. The van der Waals surface area contributed by atoms with Crippen LogP contribution in [-0.2, 0) is 21.2 Å². The Labute approximate surface area is 99.1 Å². The number of aromatic amines is 1. The molecule has 1 aromatic heterocycles. The van der Waals surface area contributed by atoms with Gasteiger partial charge in [0.15, 0.2) is 0 Å². The van der Waals surface area contributed by atoms with Gasteiger partial charge in [-0.25, -0.2) is 18.5 Å². The molecule has 2 rings (SSSR count). The Bertz CT molecular complexity index is 496. The molecule has 0 radical (unpaired) electrons. The Morgan fingerprint density at radius 2 is 2.35 bits per heavy atom. The second-order valence-electron chi connectivity index (χ2n) is 4.04. The summed E-state index contributed by atoms with van der Waals surface area (Å²) >= 11 is 0. The van der Waals surface area contributed by atoms with Crippen molar-refractivity contribution in [3.8, 4) is 0 Å². The fourth-order valence-electron chi connectivity index (χ4n) is 1.85. The lowest BCUT2D eigenvalue weighted by Gasteiger charge is -2.15. The molecule has 0 bridgehead atoms. The van der Waals surface area contributed by atoms with E-state index in [0.717, 1.165) is 5.82 Å². The zero-order chi connectivity index (χ0) is 12.5. The number of carbonyl (C=O) groups is 1. The van der Waals surface area contributed by atoms with Crippen LogP contribution in [0.2, 0.25) is 0 Å². The number of imidazole rings is 1. The highest BCUT2D eigenvalue weighted by Crippen LogP contribution is 2.16. The highest BCUT2D eigenvalue weighted by Gasteiger charge is 2.36. The van der Waals surface area contributed by atoms with Crippen molar-refractivity contribution in [2.75, 3.05) is 13.1 Å². The number of H-pyrrole nitrogens is 1. The fraction of sp³-hybridized carbons (Fsp3) is 0.556. The lowest BCUT2D eigenvalue weighted by Crippen LogP contribution is -2.33. The zero-order valence-corrected chi connectivity index (χ0v) is 9.98. The number of hydrogen-bond donors (Lipinski definition) is 2. The van der Waals surface area contributed by atoms with Gasteiger partial charge in [-0.05, 0) is 0 Å². The number of hydrogen-bond acceptors (Lipinski definition) is 4. The summed E-state index contributed by atoms with van der Waals surface area (Å²) in [6.45, 7) is 0.636. The number of sulfonamides is 1. The summed E-state index contributed by atoms with van der Waals surface area (Å²) in [5.74, 6) is 0.604. The number of carbonyl (C=O) groups excluding carboxylic acids is 1. The van der Waals surface area contributed by atoms with Crippen LogP contribution < -0.4 is 5.14 Å². The van der Waals surface area contributed by atoms with Crippen LogP contribution in [0, 0.1) is 0 Å². The molecule has 0 spiro atoms. The molecule has 0 aliphatic carbocycles. The average Bonchev–Trinajstić information content (AvgIpc) is 2.83. The molecule has 1 saturated heterocycles. The standard InChI is InChI=1S/C9H14N4O3S/c10-17(15,16)7-5-9(14)13(6-7)4-1-8-11-2-3-12-8/h2-3,7H,1,4-6H2,(H,11,12)(H2,10,15,16). The molecule has 1 aliphatic rings. The summed E-state index contributed by atoms with van der Waals surface area (Å²) in [5.41, 5.74) is 0. The van der Waals surface area contributed by atoms with Gasteiger partial charge in [0.05, 0.1) is 0 Å². The summed E-state index contributed by atoms with van der Waals surface area (Å²) in [6, 6.07) is 0. The van der Waals surface area contributed by atoms with E-state index in [4.69, 9.17) is 5.14 Å². The molecule has 1 amide bonds. The van der Waals surface area contributed by atoms with Gasteiger partial charge >= 0.3 is 0 Å². The van der Waals surface area contributed by atoms with Crippen LogP contribution in [0.5, 0.6) is 0 Å². The van der Waals surface area contributed by atoms with E-state index in [-0.39, 0.29) is 18.9 Å². The quantitative estimate of drug-likeness (QED) is 0.710. The van der Waals surface area contributed by atoms with E-state index in [2.05, 4.69) is 9.97 Å². The third-order valence-electron chi connectivity index (χ3n) is 2.82. The highest BCUT2D eigenvalue weighted by molar-refractivity contribution is 7.89. The summed E-state index contributed by atoms with van der Waals surface area (Å²) in [7, 11) is -3.63. The normalized spacial score (nSPS) is 21.1. The Morgan fingerprint density at radius 1 is 1.59 bits per heavy atom. The topological polar surface area (TPSA) is 109 Å². The molecule has 7 nitrogen and oxygen atoms in total. The molecule has 1 unspecified atom stereocenters. The Morgan fingerprint density at radius 3 is 2.88 bits per heavy atom. The summed E-state index contributed by atoms with van der Waals surface area (Å²) in [6.07, 6.45) is 3.90. The van der Waals surface area contributed by atoms with Gasteiger partial charge in [0.25, 0.3) is 0 Å². The molecule has 3 N–H and O–H groups in total. The van der Waals surface area contributed by atoms with E-state index in [1.807, 2.05) is 0 Å². The minimum atomic E-state index is -3.63. The zero-order valence-electron chi connectivity index (χ0n) is 9.17. The van der Waals surface area contributed by atoms with Crippen LogP contribution in [0.25, 0.3) is 0 Å². The van der Waals surface area contributed by atoms with Gasteiger partial charge in [0.2, 0.25) is 15.9 Å². The lowest BCUT2D eigenvalue weighted by molar-refractivity contribution is -0.127. The third-order valence-corrected chi connectivity index (χ3v) is 4.06. The van der Waals surface area contributed by atoms with Crippen LogP contribution in [0.15, 0.2) is 12.4 Å². The molecular formula is C9H14N4O3S. The van der Waals surface area contributed by atoms with E-state index >= 15 is 0 Å². The molecule has 17 heavy (non-hydrogen) atoms. The number of primary sulfonamides is 1. The van der Waals surface area contributed by atoms with E-state index in [9.17, 15) is 13.2 Å². The summed E-state index contributed by atoms with van der Waals surface area (Å²) in [5, 5.41) is 4.26. The van der Waals surface area contributed by atoms with Crippen molar-refractivity contribution in [1.29, 1.82) is 0 Å². The first-order valence-corrected chi connectivity index (χ1v) is 6.85. The molecule has 0 saturated carbocycles. The number of nitrogens with one attached hydrogen (secondary N) is 1. The maximum atomic E-state index is 11.6. The molecule has 1 fully saturated rings. The Kier molecular flexibility index (Phi) is 3.16. The third kappa shape index (κ3) is 2.83. The fourth-order valence-corrected chi connectivity index (χ4v) is 2.61. The number of amides is 1. The van der Waals surface area contributed by atoms with Crippen molar-refractivity contribution in [1.82, 2.24) is 14.9 Å². The van der Waals surface area contributed by atoms with Gasteiger partial charge < -0.3 is 9.88 Å². The second-order valence-corrected chi connectivity index (χ2v) is 5.89. The SMILES string of the molecule is NS(=O)(=O)C1CC(=O)N(CCc2ncc[nH]2)C1. The van der Waals surface area contributed by atoms with E-state index in [0.29, 0.717) is 13.0 Å². The predicted molar refractivity (Wildman–Crippen MR) is 60.4 cm³/mol. The molecular weight excluding hydrogens is 244 g/mol. The van der Waals surface area contributed by atoms with Gasteiger partial charge in [0.1, 0.15) is 11.1 Å². The molecule has 1 aromatic rings. The molecule has 2 heterocycles. The smallest absolute Gasteiger partial charge is 0.224 e. The molecule has 94 valence electrons. The van der Waals surface area contributed by atoms with Crippen LogP contribution in [0.3, 0.4) is 0 Å². The minimum absolute atomic E-state index is 0.0169. The van der Waals surface area contributed by atoms with Crippen molar-refractivity contribution >= 4 is 15.9 Å². The van der Waals surface area contributed by atoms with E-state index in [1.165, 1.54) is 4.90 Å². The van der Waals surface area contributed by atoms with E-state index in [1.54, 1.807) is 12.4 Å². The molecule has 8 heteroatoms. The average molecular weight is 258 g/mol. The van der Waals surface area contributed by atoms with Crippen LogP contribution in [-0.4, -0.2) is 47.5 Å². The predicted octanol–water partition coefficient (Wildman–Crippen LogP) is -1.16.